The Morgan fingerprint density at radius 3 is 2.58 bits per heavy atom. The van der Waals surface area contributed by atoms with E-state index in [1.807, 2.05) is 63.2 Å². The predicted octanol–water partition coefficient (Wildman–Crippen LogP) is 3.55. The molecule has 0 saturated carbocycles. The van der Waals surface area contributed by atoms with Crippen molar-refractivity contribution in [1.29, 1.82) is 0 Å². The number of amides is 2. The first kappa shape index (κ1) is 22.5. The number of aromatic nitrogens is 3. The van der Waals surface area contributed by atoms with Crippen LogP contribution in [0.5, 0.6) is 0 Å². The molecular weight excluding hydrogens is 420 g/mol. The van der Waals surface area contributed by atoms with Crippen LogP contribution in [0.3, 0.4) is 0 Å². The van der Waals surface area contributed by atoms with Crippen molar-refractivity contribution in [2.45, 2.75) is 32.0 Å². The quantitative estimate of drug-likeness (QED) is 0.598. The van der Waals surface area contributed by atoms with Crippen molar-refractivity contribution < 1.29 is 14.3 Å². The van der Waals surface area contributed by atoms with Gasteiger partial charge in [0.25, 0.3) is 5.91 Å². The van der Waals surface area contributed by atoms with Crippen LogP contribution in [-0.2, 0) is 16.8 Å². The summed E-state index contributed by atoms with van der Waals surface area (Å²) < 4.78 is 5.97. The van der Waals surface area contributed by atoms with Gasteiger partial charge >= 0.3 is 6.09 Å². The third-order valence-corrected chi connectivity index (χ3v) is 5.77. The minimum absolute atomic E-state index is 0.263. The second-order valence-corrected chi connectivity index (χ2v) is 8.79. The summed E-state index contributed by atoms with van der Waals surface area (Å²) in [5, 5.41) is 10.1. The Balaban J connectivity index is 1.52. The molecule has 9 nitrogen and oxygen atoms in total. The van der Waals surface area contributed by atoms with Gasteiger partial charge in [-0.15, -0.1) is 0 Å². The number of H-pyrrole nitrogens is 1. The highest BCUT2D eigenvalue weighted by atomic mass is 16.6. The average molecular weight is 449 g/mol. The molecule has 1 aliphatic heterocycles. The zero-order chi connectivity index (χ0) is 23.6. The zero-order valence-corrected chi connectivity index (χ0v) is 19.2. The lowest BCUT2D eigenvalue weighted by atomic mass is 10.0. The maximum Gasteiger partial charge on any atom is 0.411 e. The molecule has 9 heteroatoms. The lowest BCUT2D eigenvalue weighted by Gasteiger charge is -2.33. The van der Waals surface area contributed by atoms with E-state index in [4.69, 9.17) is 4.74 Å². The zero-order valence-electron chi connectivity index (χ0n) is 19.2. The van der Waals surface area contributed by atoms with Crippen molar-refractivity contribution in [1.82, 2.24) is 25.0 Å². The Labute approximate surface area is 192 Å². The molecule has 172 valence electrons. The lowest BCUT2D eigenvalue weighted by molar-refractivity contribution is 0.0259. The first-order valence-electron chi connectivity index (χ1n) is 10.8. The Kier molecular flexibility index (Phi) is 6.15. The number of carbonyl (C=O) groups excluding carboxylic acids is 2. The fraction of sp³-hybridized carbons (Fsp3) is 0.333. The maximum atomic E-state index is 13.3. The molecule has 0 bridgehead atoms. The van der Waals surface area contributed by atoms with Gasteiger partial charge in [0.1, 0.15) is 11.8 Å². The van der Waals surface area contributed by atoms with E-state index in [1.54, 1.807) is 29.3 Å². The summed E-state index contributed by atoms with van der Waals surface area (Å²) in [5.41, 5.74) is 2.05. The normalized spacial score (nSPS) is 15.2. The number of hydrogen-bond acceptors (Lipinski definition) is 6. The van der Waals surface area contributed by atoms with E-state index in [0.717, 1.165) is 16.8 Å². The average Bonchev–Trinajstić information content (AvgIpc) is 3.32. The highest BCUT2D eigenvalue weighted by Gasteiger charge is 2.45. The number of anilines is 1. The van der Waals surface area contributed by atoms with E-state index in [9.17, 15) is 9.59 Å². The molecule has 1 aliphatic rings. The minimum atomic E-state index is -0.688. The predicted molar refractivity (Wildman–Crippen MR) is 124 cm³/mol. The van der Waals surface area contributed by atoms with Crippen LogP contribution in [0.1, 0.15) is 47.3 Å². The standard InChI is InChI=1S/C24H28N6O3/c1-24(2)20-17(21(28-27-20)26-22(31)18-12-8-9-13-25-18)14-30(24)23(32)33-19(15-29(3)4)16-10-6-5-7-11-16/h5-13,19H,14-15H2,1-4H3,(H2,26,27,28,31)/t19-/m1/s1. The van der Waals surface area contributed by atoms with Gasteiger partial charge < -0.3 is 15.0 Å². The van der Waals surface area contributed by atoms with Crippen LogP contribution in [-0.4, -0.2) is 57.6 Å². The van der Waals surface area contributed by atoms with E-state index in [0.29, 0.717) is 12.4 Å². The van der Waals surface area contributed by atoms with E-state index in [2.05, 4.69) is 20.5 Å². The number of nitrogens with zero attached hydrogens (tertiary/aromatic N) is 4. The van der Waals surface area contributed by atoms with Crippen molar-refractivity contribution in [2.24, 2.45) is 0 Å². The van der Waals surface area contributed by atoms with Crippen LogP contribution in [0.15, 0.2) is 54.7 Å². The summed E-state index contributed by atoms with van der Waals surface area (Å²) in [4.78, 5) is 33.6. The molecule has 2 aromatic heterocycles. The Morgan fingerprint density at radius 2 is 1.91 bits per heavy atom. The second-order valence-electron chi connectivity index (χ2n) is 8.79. The molecule has 3 heterocycles. The molecule has 4 rings (SSSR count). The van der Waals surface area contributed by atoms with Gasteiger partial charge in [-0.3, -0.25) is 19.8 Å². The van der Waals surface area contributed by atoms with E-state index >= 15 is 0 Å². The molecule has 0 unspecified atom stereocenters. The van der Waals surface area contributed by atoms with Gasteiger partial charge in [-0.1, -0.05) is 36.4 Å². The summed E-state index contributed by atoms with van der Waals surface area (Å²) in [6.45, 7) is 4.67. The van der Waals surface area contributed by atoms with E-state index in [1.165, 1.54) is 0 Å². The molecular formula is C24H28N6O3. The Hall–Kier alpha value is -3.72. The van der Waals surface area contributed by atoms with Crippen molar-refractivity contribution in [3.63, 3.8) is 0 Å². The highest BCUT2D eigenvalue weighted by molar-refractivity contribution is 6.02. The first-order valence-corrected chi connectivity index (χ1v) is 10.8. The lowest BCUT2D eigenvalue weighted by Crippen LogP contribution is -2.42. The summed E-state index contributed by atoms with van der Waals surface area (Å²) in [5.74, 6) is 0.0239. The first-order chi connectivity index (χ1) is 15.8. The fourth-order valence-corrected chi connectivity index (χ4v) is 3.98. The number of likely N-dealkylation sites (N-methyl/N-ethyl adjacent to an activating group) is 1. The van der Waals surface area contributed by atoms with Crippen LogP contribution < -0.4 is 5.32 Å². The van der Waals surface area contributed by atoms with Crippen LogP contribution in [0.4, 0.5) is 10.6 Å². The SMILES string of the molecule is CN(C)C[C@@H](OC(=O)N1Cc2c(NC(=O)c3ccccn3)n[nH]c2C1(C)C)c1ccccc1. The summed E-state index contributed by atoms with van der Waals surface area (Å²) in [6.07, 6.45) is 0.717. The molecule has 2 N–H and O–H groups in total. The maximum absolute atomic E-state index is 13.3. The molecule has 0 radical (unpaired) electrons. The fourth-order valence-electron chi connectivity index (χ4n) is 3.98. The number of pyridine rings is 1. The number of aromatic amines is 1. The number of hydrogen-bond donors (Lipinski definition) is 2. The molecule has 1 atom stereocenters. The van der Waals surface area contributed by atoms with Crippen molar-refractivity contribution in [3.8, 4) is 0 Å². The van der Waals surface area contributed by atoms with E-state index in [-0.39, 0.29) is 18.1 Å². The molecule has 1 aromatic carbocycles. The largest absolute Gasteiger partial charge is 0.440 e. The highest BCUT2D eigenvalue weighted by Crippen LogP contribution is 2.41. The number of carbonyl (C=O) groups is 2. The van der Waals surface area contributed by atoms with Crippen LogP contribution in [0, 0.1) is 0 Å². The van der Waals surface area contributed by atoms with Gasteiger partial charge in [0, 0.05) is 18.3 Å². The minimum Gasteiger partial charge on any atom is -0.440 e. The Morgan fingerprint density at radius 1 is 1.18 bits per heavy atom. The topological polar surface area (TPSA) is 103 Å². The smallest absolute Gasteiger partial charge is 0.411 e. The van der Waals surface area contributed by atoms with Gasteiger partial charge in [-0.05, 0) is 45.6 Å². The van der Waals surface area contributed by atoms with Crippen molar-refractivity contribution in [2.75, 3.05) is 26.0 Å². The number of nitrogens with one attached hydrogen (secondary N) is 2. The molecule has 0 spiro atoms. The van der Waals surface area contributed by atoms with Crippen LogP contribution in [0.2, 0.25) is 0 Å². The number of benzene rings is 1. The van der Waals surface area contributed by atoms with Gasteiger partial charge in [-0.2, -0.15) is 5.10 Å². The third kappa shape index (κ3) is 4.58. The van der Waals surface area contributed by atoms with Gasteiger partial charge in [-0.25, -0.2) is 4.79 Å². The molecule has 2 amide bonds. The van der Waals surface area contributed by atoms with Gasteiger partial charge in [0.05, 0.1) is 17.8 Å². The monoisotopic (exact) mass is 448 g/mol. The number of rotatable bonds is 6. The van der Waals surface area contributed by atoms with Crippen LogP contribution in [0.25, 0.3) is 0 Å². The number of fused-ring (bicyclic) bond motifs is 1. The van der Waals surface area contributed by atoms with Crippen LogP contribution >= 0.6 is 0 Å². The van der Waals surface area contributed by atoms with Gasteiger partial charge in [0.15, 0.2) is 5.82 Å². The van der Waals surface area contributed by atoms with Gasteiger partial charge in [0.2, 0.25) is 0 Å². The summed E-state index contributed by atoms with van der Waals surface area (Å²) in [6, 6.07) is 14.8. The third-order valence-electron chi connectivity index (χ3n) is 5.77. The summed E-state index contributed by atoms with van der Waals surface area (Å²) >= 11 is 0. The summed E-state index contributed by atoms with van der Waals surface area (Å²) in [7, 11) is 3.88. The van der Waals surface area contributed by atoms with E-state index < -0.39 is 17.7 Å². The Bertz CT molecular complexity index is 1130. The molecule has 0 saturated heterocycles. The molecule has 3 aromatic rings. The van der Waals surface area contributed by atoms with Crippen molar-refractivity contribution >= 4 is 17.8 Å². The molecule has 0 fully saturated rings. The second kappa shape index (κ2) is 9.03. The number of ether oxygens (including phenoxy) is 1. The molecule has 0 aliphatic carbocycles. The van der Waals surface area contributed by atoms with Crippen molar-refractivity contribution in [3.05, 3.63) is 77.2 Å². The molecule has 33 heavy (non-hydrogen) atoms.